The molecule has 27 heavy (non-hydrogen) atoms. The van der Waals surface area contributed by atoms with Gasteiger partial charge in [-0.3, -0.25) is 4.90 Å². The molecule has 1 aliphatic heterocycles. The van der Waals surface area contributed by atoms with E-state index in [0.29, 0.717) is 22.8 Å². The maximum Gasteiger partial charge on any atom is 0.203 e. The zero-order valence-corrected chi connectivity index (χ0v) is 15.7. The third-order valence-electron chi connectivity index (χ3n) is 4.80. The fourth-order valence-corrected chi connectivity index (χ4v) is 3.56. The Hall–Kier alpha value is -2.38. The van der Waals surface area contributed by atoms with E-state index in [1.54, 1.807) is 13.2 Å². The number of methoxy groups -OCH3 is 3. The predicted octanol–water partition coefficient (Wildman–Crippen LogP) is 2.99. The minimum atomic E-state index is -0.602. The molecule has 146 valence electrons. The van der Waals surface area contributed by atoms with Crippen molar-refractivity contribution in [1.29, 1.82) is 0 Å². The van der Waals surface area contributed by atoms with Crippen LogP contribution in [0.2, 0.25) is 0 Å². The Kier molecular flexibility index (Phi) is 6.13. The van der Waals surface area contributed by atoms with Gasteiger partial charge >= 0.3 is 0 Å². The van der Waals surface area contributed by atoms with Crippen molar-refractivity contribution >= 4 is 0 Å². The Morgan fingerprint density at radius 1 is 0.889 bits per heavy atom. The van der Waals surface area contributed by atoms with Crippen molar-refractivity contribution in [2.75, 3.05) is 47.5 Å². The van der Waals surface area contributed by atoms with E-state index < -0.39 is 17.7 Å². The number of piperazine rings is 1. The van der Waals surface area contributed by atoms with E-state index in [2.05, 4.69) is 10.2 Å². The van der Waals surface area contributed by atoms with E-state index in [-0.39, 0.29) is 0 Å². The summed E-state index contributed by atoms with van der Waals surface area (Å²) < 4.78 is 44.7. The van der Waals surface area contributed by atoms with Gasteiger partial charge in [0.15, 0.2) is 11.5 Å². The van der Waals surface area contributed by atoms with Gasteiger partial charge in [-0.25, -0.2) is 8.78 Å². The summed E-state index contributed by atoms with van der Waals surface area (Å²) in [6.45, 7) is 3.02. The highest BCUT2D eigenvalue weighted by Gasteiger charge is 2.31. The van der Waals surface area contributed by atoms with Crippen molar-refractivity contribution in [3.05, 3.63) is 53.1 Å². The van der Waals surface area contributed by atoms with Gasteiger partial charge < -0.3 is 19.5 Å². The standard InChI is InChI=1S/C20H24F2N2O3/c1-25-17-7-6-15(19(26-2)20(17)27-3)18(24-10-8-23-9-11-24)14-5-4-13(21)12-16(14)22/h4-7,12,18,23H,8-11H2,1-3H3. The van der Waals surface area contributed by atoms with E-state index in [4.69, 9.17) is 14.2 Å². The van der Waals surface area contributed by atoms with E-state index in [0.717, 1.165) is 37.8 Å². The summed E-state index contributed by atoms with van der Waals surface area (Å²) in [5.74, 6) is 0.256. The van der Waals surface area contributed by atoms with E-state index in [9.17, 15) is 8.78 Å². The Labute approximate surface area is 157 Å². The average Bonchev–Trinajstić information content (AvgIpc) is 2.69. The molecule has 0 amide bonds. The second kappa shape index (κ2) is 8.54. The van der Waals surface area contributed by atoms with Crippen molar-refractivity contribution < 1.29 is 23.0 Å². The number of ether oxygens (including phenoxy) is 3. The molecule has 3 rings (SSSR count). The number of benzene rings is 2. The first kappa shape index (κ1) is 19.4. The van der Waals surface area contributed by atoms with Crippen molar-refractivity contribution in [3.63, 3.8) is 0 Å². The topological polar surface area (TPSA) is 43.0 Å². The Bertz CT molecular complexity index is 795. The van der Waals surface area contributed by atoms with Crippen LogP contribution in [0.4, 0.5) is 8.78 Å². The molecule has 1 aliphatic rings. The first-order valence-electron chi connectivity index (χ1n) is 8.79. The van der Waals surface area contributed by atoms with Gasteiger partial charge in [0.25, 0.3) is 0 Å². The Morgan fingerprint density at radius 3 is 2.15 bits per heavy atom. The molecule has 1 fully saturated rings. The maximum atomic E-state index is 14.7. The summed E-state index contributed by atoms with van der Waals surface area (Å²) in [6, 6.07) is 6.86. The third-order valence-corrected chi connectivity index (χ3v) is 4.80. The van der Waals surface area contributed by atoms with Gasteiger partial charge in [0.2, 0.25) is 5.75 Å². The SMILES string of the molecule is COc1ccc(C(c2ccc(F)cc2F)N2CCNCC2)c(OC)c1OC. The van der Waals surface area contributed by atoms with Crippen molar-refractivity contribution in [1.82, 2.24) is 10.2 Å². The summed E-state index contributed by atoms with van der Waals surface area (Å²) in [6.07, 6.45) is 0. The van der Waals surface area contributed by atoms with Crippen LogP contribution >= 0.6 is 0 Å². The van der Waals surface area contributed by atoms with Crippen LogP contribution < -0.4 is 19.5 Å². The molecule has 0 bridgehead atoms. The number of halogens is 2. The van der Waals surface area contributed by atoms with Gasteiger partial charge in [-0.05, 0) is 18.2 Å². The van der Waals surface area contributed by atoms with E-state index in [1.807, 2.05) is 6.07 Å². The monoisotopic (exact) mass is 378 g/mol. The summed E-state index contributed by atoms with van der Waals surface area (Å²) in [7, 11) is 4.61. The Morgan fingerprint density at radius 2 is 1.56 bits per heavy atom. The van der Waals surface area contributed by atoms with Crippen LogP contribution in [0.1, 0.15) is 17.2 Å². The molecule has 1 heterocycles. The van der Waals surface area contributed by atoms with Crippen LogP contribution in [0.3, 0.4) is 0 Å². The number of nitrogens with one attached hydrogen (secondary N) is 1. The summed E-state index contributed by atoms with van der Waals surface area (Å²) in [5.41, 5.74) is 1.13. The van der Waals surface area contributed by atoms with Crippen molar-refractivity contribution in [3.8, 4) is 17.2 Å². The summed E-state index contributed by atoms with van der Waals surface area (Å²) in [4.78, 5) is 2.15. The second-order valence-electron chi connectivity index (χ2n) is 6.28. The maximum absolute atomic E-state index is 14.7. The third kappa shape index (κ3) is 3.84. The molecule has 0 aliphatic carbocycles. The van der Waals surface area contributed by atoms with Crippen molar-refractivity contribution in [2.45, 2.75) is 6.04 Å². The molecule has 0 saturated carbocycles. The number of nitrogens with zero attached hydrogens (tertiary/aromatic N) is 1. The molecular formula is C20H24F2N2O3. The van der Waals surface area contributed by atoms with E-state index in [1.165, 1.54) is 26.4 Å². The fraction of sp³-hybridized carbons (Fsp3) is 0.400. The van der Waals surface area contributed by atoms with Crippen LogP contribution in [-0.2, 0) is 0 Å². The molecule has 0 radical (unpaired) electrons. The Balaban J connectivity index is 2.18. The van der Waals surface area contributed by atoms with Gasteiger partial charge in [-0.1, -0.05) is 6.07 Å². The molecular weight excluding hydrogens is 354 g/mol. The lowest BCUT2D eigenvalue weighted by atomic mass is 9.94. The zero-order chi connectivity index (χ0) is 19.4. The van der Waals surface area contributed by atoms with Gasteiger partial charge in [0, 0.05) is 43.4 Å². The van der Waals surface area contributed by atoms with Crippen molar-refractivity contribution in [2.24, 2.45) is 0 Å². The smallest absolute Gasteiger partial charge is 0.203 e. The summed E-state index contributed by atoms with van der Waals surface area (Å²) >= 11 is 0. The highest BCUT2D eigenvalue weighted by atomic mass is 19.1. The number of rotatable bonds is 6. The van der Waals surface area contributed by atoms with Gasteiger partial charge in [-0.15, -0.1) is 0 Å². The molecule has 1 atom stereocenters. The molecule has 7 heteroatoms. The van der Waals surface area contributed by atoms with Gasteiger partial charge in [0.05, 0.1) is 27.4 Å². The van der Waals surface area contributed by atoms with Crippen LogP contribution in [0.25, 0.3) is 0 Å². The molecule has 1 N–H and O–H groups in total. The average molecular weight is 378 g/mol. The highest BCUT2D eigenvalue weighted by molar-refractivity contribution is 5.58. The molecule has 2 aromatic rings. The van der Waals surface area contributed by atoms with Crippen LogP contribution in [-0.4, -0.2) is 52.4 Å². The lowest BCUT2D eigenvalue weighted by Crippen LogP contribution is -2.45. The van der Waals surface area contributed by atoms with Crippen LogP contribution in [0, 0.1) is 11.6 Å². The largest absolute Gasteiger partial charge is 0.493 e. The lowest BCUT2D eigenvalue weighted by molar-refractivity contribution is 0.191. The zero-order valence-electron chi connectivity index (χ0n) is 15.7. The minimum Gasteiger partial charge on any atom is -0.493 e. The van der Waals surface area contributed by atoms with Crippen LogP contribution in [0.15, 0.2) is 30.3 Å². The lowest BCUT2D eigenvalue weighted by Gasteiger charge is -2.36. The number of hydrogen-bond donors (Lipinski definition) is 1. The molecule has 1 unspecified atom stereocenters. The summed E-state index contributed by atoms with van der Waals surface area (Å²) in [5, 5.41) is 3.29. The first-order valence-corrected chi connectivity index (χ1v) is 8.79. The van der Waals surface area contributed by atoms with Gasteiger partial charge in [-0.2, -0.15) is 0 Å². The highest BCUT2D eigenvalue weighted by Crippen LogP contribution is 2.45. The first-order chi connectivity index (χ1) is 13.1. The van der Waals surface area contributed by atoms with Gasteiger partial charge in [0.1, 0.15) is 11.6 Å². The van der Waals surface area contributed by atoms with Crippen LogP contribution in [0.5, 0.6) is 17.2 Å². The fourth-order valence-electron chi connectivity index (χ4n) is 3.56. The predicted molar refractivity (Wildman–Crippen MR) is 98.7 cm³/mol. The number of hydrogen-bond acceptors (Lipinski definition) is 5. The second-order valence-corrected chi connectivity index (χ2v) is 6.28. The quantitative estimate of drug-likeness (QED) is 0.837. The molecule has 0 spiro atoms. The molecule has 1 saturated heterocycles. The molecule has 0 aromatic heterocycles. The normalized spacial score (nSPS) is 16.0. The van der Waals surface area contributed by atoms with E-state index >= 15 is 0 Å². The molecule has 5 nitrogen and oxygen atoms in total. The minimum absolute atomic E-state index is 0.392. The molecule has 2 aromatic carbocycles.